The van der Waals surface area contributed by atoms with E-state index in [9.17, 15) is 9.59 Å². The number of aromatic nitrogens is 2. The van der Waals surface area contributed by atoms with Crippen LogP contribution in [-0.2, 0) is 11.2 Å². The van der Waals surface area contributed by atoms with Gasteiger partial charge in [-0.15, -0.1) is 0 Å². The number of aromatic amines is 1. The molecule has 17 heavy (non-hydrogen) atoms. The molecule has 0 saturated carbocycles. The molecule has 1 fully saturated rings. The van der Waals surface area contributed by atoms with E-state index in [1.165, 1.54) is 4.90 Å². The maximum absolute atomic E-state index is 12.1. The van der Waals surface area contributed by atoms with Gasteiger partial charge in [0.1, 0.15) is 11.7 Å². The van der Waals surface area contributed by atoms with E-state index in [-0.39, 0.29) is 5.91 Å². The number of aryl methyl sites for hydroxylation is 1. The number of nitrogens with zero attached hydrogens (tertiary/aromatic N) is 2. The number of carboxylic acids is 1. The van der Waals surface area contributed by atoms with Crippen LogP contribution in [0.5, 0.6) is 0 Å². The smallest absolute Gasteiger partial charge is 0.326 e. The van der Waals surface area contributed by atoms with Crippen LogP contribution in [0, 0.1) is 0 Å². The number of amides is 1. The molecule has 6 nitrogen and oxygen atoms in total. The van der Waals surface area contributed by atoms with Crippen molar-refractivity contribution in [3.8, 4) is 0 Å². The van der Waals surface area contributed by atoms with E-state index >= 15 is 0 Å². The summed E-state index contributed by atoms with van der Waals surface area (Å²) in [5.41, 5.74) is 1.18. The third kappa shape index (κ3) is 2.15. The Bertz CT molecular complexity index is 441. The van der Waals surface area contributed by atoms with Crippen LogP contribution in [-0.4, -0.2) is 44.7 Å². The first-order valence-corrected chi connectivity index (χ1v) is 5.71. The molecule has 1 aromatic rings. The highest BCUT2D eigenvalue weighted by Crippen LogP contribution is 2.19. The van der Waals surface area contributed by atoms with Crippen LogP contribution in [0.25, 0.3) is 0 Å². The molecule has 0 radical (unpaired) electrons. The number of aliphatic carboxylic acids is 1. The van der Waals surface area contributed by atoms with Gasteiger partial charge in [0, 0.05) is 12.2 Å². The van der Waals surface area contributed by atoms with Crippen molar-refractivity contribution in [1.82, 2.24) is 15.1 Å². The van der Waals surface area contributed by atoms with Crippen LogP contribution in [0.1, 0.15) is 35.9 Å². The van der Waals surface area contributed by atoms with Crippen LogP contribution in [0.4, 0.5) is 0 Å². The van der Waals surface area contributed by atoms with Gasteiger partial charge in [0.25, 0.3) is 5.91 Å². The number of carbonyl (C=O) groups excluding carboxylic acids is 1. The van der Waals surface area contributed by atoms with E-state index < -0.39 is 12.0 Å². The van der Waals surface area contributed by atoms with Crippen LogP contribution in [0.2, 0.25) is 0 Å². The number of carboxylic acid groups (broad SMARTS) is 1. The van der Waals surface area contributed by atoms with Crippen molar-refractivity contribution in [2.24, 2.45) is 0 Å². The minimum atomic E-state index is -0.942. The molecule has 92 valence electrons. The topological polar surface area (TPSA) is 86.3 Å². The highest BCUT2D eigenvalue weighted by molar-refractivity contribution is 5.95. The fraction of sp³-hybridized carbons (Fsp3) is 0.545. The second kappa shape index (κ2) is 4.57. The third-order valence-electron chi connectivity index (χ3n) is 3.03. The fourth-order valence-corrected chi connectivity index (χ4v) is 2.07. The molecular formula is C11H15N3O3. The zero-order valence-electron chi connectivity index (χ0n) is 9.64. The van der Waals surface area contributed by atoms with Gasteiger partial charge in [-0.3, -0.25) is 9.89 Å². The quantitative estimate of drug-likeness (QED) is 0.808. The molecule has 1 aliphatic heterocycles. The van der Waals surface area contributed by atoms with E-state index in [0.29, 0.717) is 18.7 Å². The van der Waals surface area contributed by atoms with Crippen LogP contribution < -0.4 is 0 Å². The molecule has 0 aliphatic carbocycles. The highest BCUT2D eigenvalue weighted by Gasteiger charge is 2.35. The number of rotatable bonds is 3. The lowest BCUT2D eigenvalue weighted by molar-refractivity contribution is -0.141. The number of nitrogens with one attached hydrogen (secondary N) is 1. The average molecular weight is 237 g/mol. The summed E-state index contributed by atoms with van der Waals surface area (Å²) in [5.74, 6) is -1.24. The Morgan fingerprint density at radius 1 is 1.65 bits per heavy atom. The Hall–Kier alpha value is -1.85. The molecule has 0 unspecified atom stereocenters. The lowest BCUT2D eigenvalue weighted by Gasteiger charge is -2.19. The Balaban J connectivity index is 2.16. The first-order chi connectivity index (χ1) is 8.13. The SMILES string of the molecule is CCc1cc(C(=O)N2CCC[C@H]2C(=O)O)n[nH]1. The molecule has 2 N–H and O–H groups in total. The van der Waals surface area contributed by atoms with Crippen LogP contribution in [0.3, 0.4) is 0 Å². The largest absolute Gasteiger partial charge is 0.480 e. The second-order valence-corrected chi connectivity index (χ2v) is 4.13. The summed E-state index contributed by atoms with van der Waals surface area (Å²) in [4.78, 5) is 24.4. The first-order valence-electron chi connectivity index (χ1n) is 5.71. The first kappa shape index (κ1) is 11.6. The molecule has 1 aromatic heterocycles. The Morgan fingerprint density at radius 2 is 2.41 bits per heavy atom. The molecular weight excluding hydrogens is 222 g/mol. The van der Waals surface area contributed by atoms with Gasteiger partial charge in [0.15, 0.2) is 0 Å². The van der Waals surface area contributed by atoms with Crippen molar-refractivity contribution >= 4 is 11.9 Å². The van der Waals surface area contributed by atoms with Gasteiger partial charge in [-0.25, -0.2) is 4.79 Å². The number of hydrogen-bond acceptors (Lipinski definition) is 3. The van der Waals surface area contributed by atoms with E-state index in [1.54, 1.807) is 6.07 Å². The molecule has 1 aliphatic rings. The molecule has 2 heterocycles. The van der Waals surface area contributed by atoms with Crippen molar-refractivity contribution in [3.05, 3.63) is 17.5 Å². The Labute approximate surface area is 98.6 Å². The summed E-state index contributed by atoms with van der Waals surface area (Å²) >= 11 is 0. The standard InChI is InChI=1S/C11H15N3O3/c1-2-7-6-8(13-12-7)10(15)14-5-3-4-9(14)11(16)17/h6,9H,2-5H2,1H3,(H,12,13)(H,16,17)/t9-/m0/s1. The van der Waals surface area contributed by atoms with Crippen LogP contribution in [0.15, 0.2) is 6.07 Å². The summed E-state index contributed by atoms with van der Waals surface area (Å²) in [5, 5.41) is 15.7. The van der Waals surface area contributed by atoms with Crippen molar-refractivity contribution in [2.45, 2.75) is 32.2 Å². The van der Waals surface area contributed by atoms with Crippen molar-refractivity contribution in [1.29, 1.82) is 0 Å². The maximum Gasteiger partial charge on any atom is 0.326 e. The zero-order valence-corrected chi connectivity index (χ0v) is 9.64. The molecule has 1 saturated heterocycles. The molecule has 1 amide bonds. The monoisotopic (exact) mass is 237 g/mol. The van der Waals surface area contributed by atoms with E-state index in [4.69, 9.17) is 5.11 Å². The summed E-state index contributed by atoms with van der Waals surface area (Å²) in [6.07, 6.45) is 2.02. The van der Waals surface area contributed by atoms with Gasteiger partial charge < -0.3 is 10.0 Å². The number of likely N-dealkylation sites (tertiary alicyclic amines) is 1. The van der Waals surface area contributed by atoms with Crippen molar-refractivity contribution in [3.63, 3.8) is 0 Å². The summed E-state index contributed by atoms with van der Waals surface area (Å²) in [6.45, 7) is 2.45. The zero-order chi connectivity index (χ0) is 12.4. The second-order valence-electron chi connectivity index (χ2n) is 4.13. The van der Waals surface area contributed by atoms with Crippen LogP contribution >= 0.6 is 0 Å². The van der Waals surface area contributed by atoms with Gasteiger partial charge in [-0.2, -0.15) is 5.10 Å². The van der Waals surface area contributed by atoms with Crippen molar-refractivity contribution < 1.29 is 14.7 Å². The highest BCUT2D eigenvalue weighted by atomic mass is 16.4. The summed E-state index contributed by atoms with van der Waals surface area (Å²) < 4.78 is 0. The fourth-order valence-electron chi connectivity index (χ4n) is 2.07. The molecule has 0 aromatic carbocycles. The van der Waals surface area contributed by atoms with Gasteiger partial charge in [0.05, 0.1) is 0 Å². The number of hydrogen-bond donors (Lipinski definition) is 2. The lowest BCUT2D eigenvalue weighted by Crippen LogP contribution is -2.40. The van der Waals surface area contributed by atoms with E-state index in [0.717, 1.165) is 18.5 Å². The average Bonchev–Trinajstić information content (AvgIpc) is 2.97. The van der Waals surface area contributed by atoms with E-state index in [1.807, 2.05) is 6.92 Å². The lowest BCUT2D eigenvalue weighted by atomic mass is 10.2. The molecule has 1 atom stereocenters. The number of carbonyl (C=O) groups is 2. The minimum Gasteiger partial charge on any atom is -0.480 e. The predicted molar refractivity (Wildman–Crippen MR) is 59.7 cm³/mol. The maximum atomic E-state index is 12.1. The van der Waals surface area contributed by atoms with Gasteiger partial charge in [0.2, 0.25) is 0 Å². The van der Waals surface area contributed by atoms with E-state index in [2.05, 4.69) is 10.2 Å². The summed E-state index contributed by atoms with van der Waals surface area (Å²) in [7, 11) is 0. The predicted octanol–water partition coefficient (Wildman–Crippen LogP) is 0.661. The van der Waals surface area contributed by atoms with Gasteiger partial charge in [-0.05, 0) is 25.3 Å². The molecule has 6 heteroatoms. The summed E-state index contributed by atoms with van der Waals surface area (Å²) in [6, 6.07) is 0.976. The Kier molecular flexibility index (Phi) is 3.12. The van der Waals surface area contributed by atoms with Crippen molar-refractivity contribution in [2.75, 3.05) is 6.54 Å². The molecule has 2 rings (SSSR count). The van der Waals surface area contributed by atoms with Gasteiger partial charge >= 0.3 is 5.97 Å². The molecule has 0 bridgehead atoms. The minimum absolute atomic E-state index is 0.300. The Morgan fingerprint density at radius 3 is 3.00 bits per heavy atom. The molecule has 0 spiro atoms. The third-order valence-corrected chi connectivity index (χ3v) is 3.03. The normalized spacial score (nSPS) is 19.6. The number of H-pyrrole nitrogens is 1. The van der Waals surface area contributed by atoms with Gasteiger partial charge in [-0.1, -0.05) is 6.92 Å².